The minimum Gasteiger partial charge on any atom is -0.456 e. The summed E-state index contributed by atoms with van der Waals surface area (Å²) < 4.78 is 11.2. The van der Waals surface area contributed by atoms with Gasteiger partial charge in [0.25, 0.3) is 0 Å². The van der Waals surface area contributed by atoms with E-state index in [1.54, 1.807) is 0 Å². The first-order valence-electron chi connectivity index (χ1n) is 13.3. The van der Waals surface area contributed by atoms with Gasteiger partial charge in [0.05, 0.1) is 27.8 Å². The number of furan rings is 1. The fourth-order valence-electron chi connectivity index (χ4n) is 6.47. The molecule has 0 saturated heterocycles. The Morgan fingerprint density at radius 3 is 1.56 bits per heavy atom. The van der Waals surface area contributed by atoms with Crippen LogP contribution in [0.1, 0.15) is 0 Å². The molecular formula is C36H22N2O. The third kappa shape index (κ3) is 2.76. The lowest BCUT2D eigenvalue weighted by atomic mass is 10.1. The zero-order valence-corrected chi connectivity index (χ0v) is 21.0. The first-order valence-corrected chi connectivity index (χ1v) is 13.3. The lowest BCUT2D eigenvalue weighted by Crippen LogP contribution is -1.98. The van der Waals surface area contributed by atoms with Gasteiger partial charge in [-0.1, -0.05) is 84.9 Å². The van der Waals surface area contributed by atoms with Gasteiger partial charge in [0, 0.05) is 44.1 Å². The SMILES string of the molecule is c1ccc(-n2c3ccccc3c3ccc4c5ccccc5n(-c5ccc6c(c5)oc5ccccc56)c4c32)cc1. The second kappa shape index (κ2) is 7.62. The molecule has 0 bridgehead atoms. The molecule has 6 aromatic carbocycles. The van der Waals surface area contributed by atoms with Gasteiger partial charge in [-0.25, -0.2) is 0 Å². The molecule has 0 aliphatic heterocycles. The summed E-state index contributed by atoms with van der Waals surface area (Å²) in [7, 11) is 0. The zero-order valence-electron chi connectivity index (χ0n) is 21.0. The molecule has 182 valence electrons. The summed E-state index contributed by atoms with van der Waals surface area (Å²) >= 11 is 0. The Kier molecular flexibility index (Phi) is 4.05. The van der Waals surface area contributed by atoms with Gasteiger partial charge in [-0.3, -0.25) is 0 Å². The van der Waals surface area contributed by atoms with Gasteiger partial charge in [0.2, 0.25) is 0 Å². The Bertz CT molecular complexity index is 2390. The largest absolute Gasteiger partial charge is 0.456 e. The Labute approximate surface area is 223 Å². The highest BCUT2D eigenvalue weighted by atomic mass is 16.3. The molecule has 0 atom stereocenters. The maximum atomic E-state index is 6.33. The highest BCUT2D eigenvalue weighted by molar-refractivity contribution is 6.24. The number of nitrogens with zero attached hydrogens (tertiary/aromatic N) is 2. The topological polar surface area (TPSA) is 23.0 Å². The van der Waals surface area contributed by atoms with E-state index < -0.39 is 0 Å². The summed E-state index contributed by atoms with van der Waals surface area (Å²) in [5.74, 6) is 0. The Hall–Kier alpha value is -5.28. The molecule has 0 amide bonds. The van der Waals surface area contributed by atoms with Crippen molar-refractivity contribution < 1.29 is 4.42 Å². The predicted molar refractivity (Wildman–Crippen MR) is 162 cm³/mol. The maximum Gasteiger partial charge on any atom is 0.137 e. The quantitative estimate of drug-likeness (QED) is 0.233. The van der Waals surface area contributed by atoms with Crippen LogP contribution in [0.5, 0.6) is 0 Å². The van der Waals surface area contributed by atoms with E-state index in [9.17, 15) is 0 Å². The summed E-state index contributed by atoms with van der Waals surface area (Å²) in [5.41, 5.74) is 8.85. The van der Waals surface area contributed by atoms with E-state index in [0.717, 1.165) is 33.3 Å². The highest BCUT2D eigenvalue weighted by Gasteiger charge is 2.21. The number of benzene rings is 6. The molecule has 0 unspecified atom stereocenters. The summed E-state index contributed by atoms with van der Waals surface area (Å²) in [6.07, 6.45) is 0. The van der Waals surface area contributed by atoms with Crippen molar-refractivity contribution in [2.75, 3.05) is 0 Å². The van der Waals surface area contributed by atoms with Gasteiger partial charge in [-0.05, 0) is 42.5 Å². The van der Waals surface area contributed by atoms with Gasteiger partial charge in [0.15, 0.2) is 0 Å². The average Bonchev–Trinajstić information content (AvgIpc) is 3.65. The van der Waals surface area contributed by atoms with Crippen molar-refractivity contribution in [3.8, 4) is 11.4 Å². The molecule has 9 aromatic rings. The molecule has 0 fully saturated rings. The van der Waals surface area contributed by atoms with E-state index in [1.165, 1.54) is 43.6 Å². The van der Waals surface area contributed by atoms with Crippen LogP contribution in [0.25, 0.3) is 76.9 Å². The maximum absolute atomic E-state index is 6.33. The lowest BCUT2D eigenvalue weighted by Gasteiger charge is -2.12. The van der Waals surface area contributed by atoms with Gasteiger partial charge in [-0.2, -0.15) is 0 Å². The second-order valence-corrected chi connectivity index (χ2v) is 10.2. The number of hydrogen-bond acceptors (Lipinski definition) is 1. The number of para-hydroxylation sites is 4. The fraction of sp³-hybridized carbons (Fsp3) is 0. The summed E-state index contributed by atoms with van der Waals surface area (Å²) in [6.45, 7) is 0. The van der Waals surface area contributed by atoms with Crippen molar-refractivity contribution in [2.24, 2.45) is 0 Å². The van der Waals surface area contributed by atoms with Gasteiger partial charge >= 0.3 is 0 Å². The van der Waals surface area contributed by atoms with Crippen molar-refractivity contribution in [3.63, 3.8) is 0 Å². The summed E-state index contributed by atoms with van der Waals surface area (Å²) in [4.78, 5) is 0. The third-order valence-corrected chi connectivity index (χ3v) is 8.10. The number of fused-ring (bicyclic) bond motifs is 10. The van der Waals surface area contributed by atoms with Crippen LogP contribution in [0, 0.1) is 0 Å². The molecule has 3 heteroatoms. The molecule has 3 aromatic heterocycles. The number of rotatable bonds is 2. The van der Waals surface area contributed by atoms with Crippen molar-refractivity contribution in [3.05, 3.63) is 133 Å². The fourth-order valence-corrected chi connectivity index (χ4v) is 6.47. The second-order valence-electron chi connectivity index (χ2n) is 10.2. The normalized spacial score (nSPS) is 12.1. The van der Waals surface area contributed by atoms with E-state index in [2.05, 4.69) is 130 Å². The standard InChI is InChI=1S/C36H22N2O/c1-2-10-23(11-3-1)37-31-15-7-4-12-25(31)29-20-21-30-26-13-5-8-16-32(26)38(36(30)35(29)37)24-18-19-28-27-14-6-9-17-33(27)39-34(28)22-24/h1-22H. The van der Waals surface area contributed by atoms with Crippen molar-refractivity contribution in [1.29, 1.82) is 0 Å². The van der Waals surface area contributed by atoms with Gasteiger partial charge in [0.1, 0.15) is 11.2 Å². The lowest BCUT2D eigenvalue weighted by molar-refractivity contribution is 0.668. The summed E-state index contributed by atoms with van der Waals surface area (Å²) in [5, 5.41) is 7.26. The van der Waals surface area contributed by atoms with Crippen molar-refractivity contribution >= 4 is 65.6 Å². The molecule has 0 aliphatic rings. The molecule has 0 radical (unpaired) electrons. The van der Waals surface area contributed by atoms with Crippen molar-refractivity contribution in [2.45, 2.75) is 0 Å². The highest BCUT2D eigenvalue weighted by Crippen LogP contribution is 2.42. The molecule has 0 aliphatic carbocycles. The predicted octanol–water partition coefficient (Wildman–Crippen LogP) is 9.78. The Balaban J connectivity index is 1.50. The Morgan fingerprint density at radius 2 is 0.872 bits per heavy atom. The van der Waals surface area contributed by atoms with Gasteiger partial charge < -0.3 is 13.6 Å². The number of aromatic nitrogens is 2. The zero-order chi connectivity index (χ0) is 25.5. The van der Waals surface area contributed by atoms with Crippen LogP contribution >= 0.6 is 0 Å². The van der Waals surface area contributed by atoms with Gasteiger partial charge in [-0.15, -0.1) is 0 Å². The molecule has 3 nitrogen and oxygen atoms in total. The van der Waals surface area contributed by atoms with Crippen LogP contribution in [-0.2, 0) is 0 Å². The van der Waals surface area contributed by atoms with Crippen LogP contribution in [0.2, 0.25) is 0 Å². The monoisotopic (exact) mass is 498 g/mol. The molecular weight excluding hydrogens is 476 g/mol. The molecule has 0 N–H and O–H groups in total. The van der Waals surface area contributed by atoms with Crippen molar-refractivity contribution in [1.82, 2.24) is 9.13 Å². The molecule has 0 saturated carbocycles. The van der Waals surface area contributed by atoms with E-state index in [4.69, 9.17) is 4.42 Å². The first kappa shape index (κ1) is 20.7. The van der Waals surface area contributed by atoms with Crippen LogP contribution in [0.4, 0.5) is 0 Å². The minimum atomic E-state index is 0.899. The molecule has 3 heterocycles. The van der Waals surface area contributed by atoms with E-state index in [-0.39, 0.29) is 0 Å². The van der Waals surface area contributed by atoms with Crippen LogP contribution in [0.3, 0.4) is 0 Å². The van der Waals surface area contributed by atoms with E-state index >= 15 is 0 Å². The number of hydrogen-bond donors (Lipinski definition) is 0. The molecule has 9 rings (SSSR count). The molecule has 0 spiro atoms. The smallest absolute Gasteiger partial charge is 0.137 e. The average molecular weight is 499 g/mol. The third-order valence-electron chi connectivity index (χ3n) is 8.10. The van der Waals surface area contributed by atoms with E-state index in [1.807, 2.05) is 12.1 Å². The molecule has 39 heavy (non-hydrogen) atoms. The van der Waals surface area contributed by atoms with Crippen LogP contribution < -0.4 is 0 Å². The van der Waals surface area contributed by atoms with Crippen LogP contribution in [0.15, 0.2) is 138 Å². The minimum absolute atomic E-state index is 0.899. The Morgan fingerprint density at radius 1 is 0.359 bits per heavy atom. The summed E-state index contributed by atoms with van der Waals surface area (Å²) in [6, 6.07) is 47.6. The van der Waals surface area contributed by atoms with Crippen LogP contribution in [-0.4, -0.2) is 9.13 Å². The first-order chi connectivity index (χ1) is 19.4. The van der Waals surface area contributed by atoms with E-state index in [0.29, 0.717) is 0 Å².